The van der Waals surface area contributed by atoms with Crippen molar-refractivity contribution < 1.29 is 0 Å². The third-order valence-corrected chi connectivity index (χ3v) is 2.00. The molecule has 0 saturated carbocycles. The quantitative estimate of drug-likeness (QED) is 0.614. The Balaban J connectivity index is 2.93. The van der Waals surface area contributed by atoms with Crippen molar-refractivity contribution in [1.29, 1.82) is 0 Å². The summed E-state index contributed by atoms with van der Waals surface area (Å²) < 4.78 is 0. The van der Waals surface area contributed by atoms with E-state index in [9.17, 15) is 0 Å². The molecule has 1 N–H and O–H groups in total. The first-order chi connectivity index (χ1) is 5.29. The SMILES string of the molecule is Cc1ncc2[nH]ncc2c1C. The molecule has 2 rings (SSSR count). The number of nitrogens with zero attached hydrogens (tertiary/aromatic N) is 2. The molecule has 0 saturated heterocycles. The first-order valence-corrected chi connectivity index (χ1v) is 3.54. The van der Waals surface area contributed by atoms with E-state index in [1.807, 2.05) is 19.3 Å². The largest absolute Gasteiger partial charge is 0.276 e. The monoisotopic (exact) mass is 147 g/mol. The summed E-state index contributed by atoms with van der Waals surface area (Å²) in [5, 5.41) is 7.98. The van der Waals surface area contributed by atoms with Crippen molar-refractivity contribution in [3.8, 4) is 0 Å². The molecular weight excluding hydrogens is 138 g/mol. The Labute approximate surface area is 64.5 Å². The van der Waals surface area contributed by atoms with Gasteiger partial charge in [0.15, 0.2) is 0 Å². The van der Waals surface area contributed by atoms with Gasteiger partial charge in [0.2, 0.25) is 0 Å². The molecule has 2 aromatic rings. The lowest BCUT2D eigenvalue weighted by Crippen LogP contribution is -1.85. The van der Waals surface area contributed by atoms with Crippen LogP contribution in [0.4, 0.5) is 0 Å². The van der Waals surface area contributed by atoms with Gasteiger partial charge in [-0.15, -0.1) is 0 Å². The molecule has 0 bridgehead atoms. The maximum atomic E-state index is 4.21. The molecule has 0 unspecified atom stereocenters. The van der Waals surface area contributed by atoms with Crippen molar-refractivity contribution in [2.75, 3.05) is 0 Å². The van der Waals surface area contributed by atoms with Crippen LogP contribution in [0.15, 0.2) is 12.4 Å². The third kappa shape index (κ3) is 0.808. The van der Waals surface area contributed by atoms with Gasteiger partial charge in [-0.2, -0.15) is 5.10 Å². The van der Waals surface area contributed by atoms with E-state index in [0.29, 0.717) is 0 Å². The molecular formula is C8H9N3. The second-order valence-electron chi connectivity index (χ2n) is 2.67. The minimum atomic E-state index is 1.01. The van der Waals surface area contributed by atoms with Crippen LogP contribution in [0.1, 0.15) is 11.3 Å². The highest BCUT2D eigenvalue weighted by Gasteiger charge is 2.01. The van der Waals surface area contributed by atoms with Gasteiger partial charge >= 0.3 is 0 Å². The first kappa shape index (κ1) is 6.34. The standard InChI is InChI=1S/C8H9N3/c1-5-6(2)9-4-8-7(5)3-10-11-8/h3-4H,1-2H3,(H,10,11). The van der Waals surface area contributed by atoms with Crippen LogP contribution in [-0.2, 0) is 0 Å². The summed E-state index contributed by atoms with van der Waals surface area (Å²) in [6.45, 7) is 4.06. The molecule has 0 aromatic carbocycles. The van der Waals surface area contributed by atoms with Crippen LogP contribution in [0, 0.1) is 13.8 Å². The van der Waals surface area contributed by atoms with E-state index in [0.717, 1.165) is 16.6 Å². The highest BCUT2D eigenvalue weighted by atomic mass is 15.1. The summed E-state index contributed by atoms with van der Waals surface area (Å²) in [6, 6.07) is 0. The fourth-order valence-electron chi connectivity index (χ4n) is 1.15. The number of hydrogen-bond acceptors (Lipinski definition) is 2. The molecule has 0 aliphatic rings. The molecule has 2 aromatic heterocycles. The summed E-state index contributed by atoms with van der Waals surface area (Å²) in [7, 11) is 0. The van der Waals surface area contributed by atoms with E-state index in [-0.39, 0.29) is 0 Å². The maximum Gasteiger partial charge on any atom is 0.0836 e. The van der Waals surface area contributed by atoms with Crippen molar-refractivity contribution in [1.82, 2.24) is 15.2 Å². The van der Waals surface area contributed by atoms with E-state index in [1.54, 1.807) is 0 Å². The topological polar surface area (TPSA) is 41.6 Å². The number of hydrogen-bond donors (Lipinski definition) is 1. The van der Waals surface area contributed by atoms with Gasteiger partial charge in [0.05, 0.1) is 17.9 Å². The molecule has 3 nitrogen and oxygen atoms in total. The predicted octanol–water partition coefficient (Wildman–Crippen LogP) is 1.57. The highest BCUT2D eigenvalue weighted by Crippen LogP contribution is 2.15. The number of rotatable bonds is 0. The number of pyridine rings is 1. The lowest BCUT2D eigenvalue weighted by Gasteiger charge is -1.97. The van der Waals surface area contributed by atoms with E-state index in [1.165, 1.54) is 5.56 Å². The number of fused-ring (bicyclic) bond motifs is 1. The molecule has 56 valence electrons. The minimum absolute atomic E-state index is 1.01. The molecule has 2 heterocycles. The first-order valence-electron chi connectivity index (χ1n) is 3.54. The zero-order valence-corrected chi connectivity index (χ0v) is 6.55. The van der Waals surface area contributed by atoms with Crippen LogP contribution in [0.25, 0.3) is 10.9 Å². The summed E-state index contributed by atoms with van der Waals surface area (Å²) in [6.07, 6.45) is 3.64. The van der Waals surface area contributed by atoms with E-state index in [4.69, 9.17) is 0 Å². The summed E-state index contributed by atoms with van der Waals surface area (Å²) in [5.74, 6) is 0. The number of nitrogens with one attached hydrogen (secondary N) is 1. The Morgan fingerprint density at radius 3 is 2.91 bits per heavy atom. The average molecular weight is 147 g/mol. The lowest BCUT2D eigenvalue weighted by molar-refractivity contribution is 1.11. The maximum absolute atomic E-state index is 4.21. The number of H-pyrrole nitrogens is 1. The molecule has 0 aliphatic heterocycles. The lowest BCUT2D eigenvalue weighted by atomic mass is 10.1. The molecule has 0 aliphatic carbocycles. The van der Waals surface area contributed by atoms with E-state index in [2.05, 4.69) is 22.1 Å². The summed E-state index contributed by atoms with van der Waals surface area (Å²) in [5.41, 5.74) is 3.28. The van der Waals surface area contributed by atoms with Gasteiger partial charge in [-0.25, -0.2) is 0 Å². The second-order valence-corrected chi connectivity index (χ2v) is 2.67. The van der Waals surface area contributed by atoms with Crippen molar-refractivity contribution in [2.24, 2.45) is 0 Å². The van der Waals surface area contributed by atoms with Gasteiger partial charge in [-0.1, -0.05) is 0 Å². The summed E-state index contributed by atoms with van der Waals surface area (Å²) in [4.78, 5) is 4.21. The number of aryl methyl sites for hydroxylation is 2. The van der Waals surface area contributed by atoms with Gasteiger partial charge in [-0.05, 0) is 19.4 Å². The van der Waals surface area contributed by atoms with Crippen LogP contribution in [0.5, 0.6) is 0 Å². The molecule has 0 spiro atoms. The molecule has 11 heavy (non-hydrogen) atoms. The van der Waals surface area contributed by atoms with Crippen LogP contribution < -0.4 is 0 Å². The fraction of sp³-hybridized carbons (Fsp3) is 0.250. The fourth-order valence-corrected chi connectivity index (χ4v) is 1.15. The van der Waals surface area contributed by atoms with Gasteiger partial charge in [0.1, 0.15) is 0 Å². The molecule has 3 heteroatoms. The van der Waals surface area contributed by atoms with Crippen molar-refractivity contribution >= 4 is 10.9 Å². The van der Waals surface area contributed by atoms with Crippen molar-refractivity contribution in [3.05, 3.63) is 23.7 Å². The minimum Gasteiger partial charge on any atom is -0.276 e. The number of aromatic amines is 1. The van der Waals surface area contributed by atoms with Gasteiger partial charge < -0.3 is 0 Å². The number of aromatic nitrogens is 3. The molecule has 0 amide bonds. The molecule has 0 radical (unpaired) electrons. The zero-order chi connectivity index (χ0) is 7.84. The van der Waals surface area contributed by atoms with Crippen molar-refractivity contribution in [2.45, 2.75) is 13.8 Å². The van der Waals surface area contributed by atoms with Crippen molar-refractivity contribution in [3.63, 3.8) is 0 Å². The predicted molar refractivity (Wildman–Crippen MR) is 43.4 cm³/mol. The van der Waals surface area contributed by atoms with Crippen LogP contribution in [-0.4, -0.2) is 15.2 Å². The van der Waals surface area contributed by atoms with E-state index < -0.39 is 0 Å². The smallest absolute Gasteiger partial charge is 0.0836 e. The van der Waals surface area contributed by atoms with Crippen LogP contribution in [0.2, 0.25) is 0 Å². The van der Waals surface area contributed by atoms with Crippen LogP contribution in [0.3, 0.4) is 0 Å². The normalized spacial score (nSPS) is 10.7. The Bertz CT molecular complexity index is 389. The van der Waals surface area contributed by atoms with Gasteiger partial charge in [0, 0.05) is 11.1 Å². The average Bonchev–Trinajstić information content (AvgIpc) is 2.45. The van der Waals surface area contributed by atoms with Crippen LogP contribution >= 0.6 is 0 Å². The summed E-state index contributed by atoms with van der Waals surface area (Å²) >= 11 is 0. The Kier molecular flexibility index (Phi) is 1.18. The Morgan fingerprint density at radius 1 is 1.27 bits per heavy atom. The van der Waals surface area contributed by atoms with E-state index >= 15 is 0 Å². The Hall–Kier alpha value is -1.38. The third-order valence-electron chi connectivity index (χ3n) is 2.00. The van der Waals surface area contributed by atoms with Gasteiger partial charge in [-0.3, -0.25) is 10.1 Å². The van der Waals surface area contributed by atoms with Gasteiger partial charge in [0.25, 0.3) is 0 Å². The Morgan fingerprint density at radius 2 is 2.09 bits per heavy atom. The zero-order valence-electron chi connectivity index (χ0n) is 6.55. The second kappa shape index (κ2) is 2.05. The molecule has 0 atom stereocenters. The highest BCUT2D eigenvalue weighted by molar-refractivity contribution is 5.80. The molecule has 0 fully saturated rings.